The molecule has 0 aliphatic carbocycles. The smallest absolute Gasteiger partial charge is 0.273 e. The molecule has 0 fully saturated rings. The molecule has 0 aromatic heterocycles. The Morgan fingerprint density at radius 3 is 2.48 bits per heavy atom. The van der Waals surface area contributed by atoms with E-state index in [9.17, 15) is 22.9 Å². The largest absolute Gasteiger partial charge is 0.494 e. The van der Waals surface area contributed by atoms with Crippen LogP contribution < -0.4 is 14.2 Å². The van der Waals surface area contributed by atoms with E-state index in [0.717, 1.165) is 12.1 Å². The Hall–Kier alpha value is -2.88. The lowest BCUT2D eigenvalue weighted by atomic mass is 10.2. The van der Waals surface area contributed by atoms with Crippen LogP contribution in [0.3, 0.4) is 0 Å². The Bertz CT molecular complexity index is 855. The number of methoxy groups -OCH3 is 1. The van der Waals surface area contributed by atoms with Gasteiger partial charge in [0.2, 0.25) is 10.0 Å². The van der Waals surface area contributed by atoms with Crippen molar-refractivity contribution in [1.82, 2.24) is 0 Å². The molecule has 0 bridgehead atoms. The fourth-order valence-electron chi connectivity index (χ4n) is 1.90. The number of benzene rings is 2. The van der Waals surface area contributed by atoms with Gasteiger partial charge in [-0.3, -0.25) is 14.8 Å². The van der Waals surface area contributed by atoms with Crippen LogP contribution >= 0.6 is 0 Å². The second kappa shape index (κ2) is 7.79. The number of nitro groups is 1. The van der Waals surface area contributed by atoms with Gasteiger partial charge in [-0.15, -0.1) is 0 Å². The van der Waals surface area contributed by atoms with Gasteiger partial charge in [0.1, 0.15) is 29.7 Å². The zero-order valence-electron chi connectivity index (χ0n) is 13.1. The number of nitro benzene ring substituents is 1. The first-order valence-corrected chi connectivity index (χ1v) is 8.67. The number of halogens is 1. The molecule has 0 unspecified atom stereocenters. The van der Waals surface area contributed by atoms with Crippen molar-refractivity contribution >= 4 is 21.4 Å². The molecule has 0 amide bonds. The number of nitrogens with one attached hydrogen (secondary N) is 1. The first-order chi connectivity index (χ1) is 11.8. The predicted octanol–water partition coefficient (Wildman–Crippen LogP) is 2.56. The molecule has 0 atom stereocenters. The number of rotatable bonds is 8. The third-order valence-electron chi connectivity index (χ3n) is 3.10. The second-order valence-corrected chi connectivity index (χ2v) is 6.71. The molecule has 0 aliphatic rings. The third kappa shape index (κ3) is 5.31. The molecule has 10 heteroatoms. The zero-order chi connectivity index (χ0) is 18.4. The van der Waals surface area contributed by atoms with Crippen molar-refractivity contribution in [3.63, 3.8) is 0 Å². The van der Waals surface area contributed by atoms with E-state index in [1.54, 1.807) is 0 Å². The van der Waals surface area contributed by atoms with E-state index in [2.05, 4.69) is 4.72 Å². The maximum absolute atomic E-state index is 12.8. The molecule has 2 aromatic carbocycles. The Labute approximate surface area is 143 Å². The molecule has 0 heterocycles. The summed E-state index contributed by atoms with van der Waals surface area (Å²) >= 11 is 0. The van der Waals surface area contributed by atoms with Crippen LogP contribution in [-0.2, 0) is 10.0 Å². The molecular formula is C15H15FN2O6S. The highest BCUT2D eigenvalue weighted by Crippen LogP contribution is 2.29. The summed E-state index contributed by atoms with van der Waals surface area (Å²) in [5.41, 5.74) is -0.144. The summed E-state index contributed by atoms with van der Waals surface area (Å²) < 4.78 is 49.4. The third-order valence-corrected chi connectivity index (χ3v) is 4.33. The molecular weight excluding hydrogens is 355 g/mol. The Kier molecular flexibility index (Phi) is 5.75. The average molecular weight is 370 g/mol. The molecule has 25 heavy (non-hydrogen) atoms. The second-order valence-electron chi connectivity index (χ2n) is 4.87. The minimum atomic E-state index is -3.78. The van der Waals surface area contributed by atoms with Gasteiger partial charge in [-0.25, -0.2) is 12.8 Å². The molecule has 0 spiro atoms. The summed E-state index contributed by atoms with van der Waals surface area (Å²) in [6, 6.07) is 8.69. The summed E-state index contributed by atoms with van der Waals surface area (Å²) in [6.07, 6.45) is 0. The number of non-ortho nitro benzene ring substituents is 1. The van der Waals surface area contributed by atoms with Gasteiger partial charge in [0.05, 0.1) is 23.8 Å². The van der Waals surface area contributed by atoms with E-state index < -0.39 is 20.8 Å². The number of ether oxygens (including phenoxy) is 2. The lowest BCUT2D eigenvalue weighted by Gasteiger charge is -2.12. The van der Waals surface area contributed by atoms with Gasteiger partial charge < -0.3 is 9.47 Å². The maximum atomic E-state index is 12.8. The highest BCUT2D eigenvalue weighted by molar-refractivity contribution is 7.92. The molecule has 0 saturated carbocycles. The molecule has 0 aliphatic heterocycles. The molecule has 2 aromatic rings. The summed E-state index contributed by atoms with van der Waals surface area (Å²) in [6.45, 7) is -0.156. The van der Waals surface area contributed by atoms with Crippen LogP contribution in [0.25, 0.3) is 0 Å². The summed E-state index contributed by atoms with van der Waals surface area (Å²) in [7, 11) is -2.51. The monoisotopic (exact) mass is 370 g/mol. The summed E-state index contributed by atoms with van der Waals surface area (Å²) in [4.78, 5) is 10.1. The maximum Gasteiger partial charge on any atom is 0.273 e. The molecule has 1 N–H and O–H groups in total. The van der Waals surface area contributed by atoms with Crippen LogP contribution in [0, 0.1) is 15.9 Å². The Morgan fingerprint density at radius 1 is 1.20 bits per heavy atom. The van der Waals surface area contributed by atoms with E-state index in [1.165, 1.54) is 37.4 Å². The van der Waals surface area contributed by atoms with Crippen molar-refractivity contribution in [2.45, 2.75) is 0 Å². The number of anilines is 1. The van der Waals surface area contributed by atoms with E-state index in [-0.39, 0.29) is 29.5 Å². The van der Waals surface area contributed by atoms with Gasteiger partial charge in [-0.2, -0.15) is 0 Å². The van der Waals surface area contributed by atoms with Crippen LogP contribution in [0.1, 0.15) is 0 Å². The number of hydrogen-bond donors (Lipinski definition) is 1. The lowest BCUT2D eigenvalue weighted by Crippen LogP contribution is -2.21. The highest BCUT2D eigenvalue weighted by atomic mass is 32.2. The quantitative estimate of drug-likeness (QED) is 0.565. The SMILES string of the molecule is COc1cc([N+](=O)[O-])ccc1NS(=O)(=O)CCOc1ccc(F)cc1. The molecule has 2 rings (SSSR count). The first-order valence-electron chi connectivity index (χ1n) is 7.02. The van der Waals surface area contributed by atoms with E-state index in [4.69, 9.17) is 9.47 Å². The summed E-state index contributed by atoms with van der Waals surface area (Å²) in [5, 5.41) is 10.7. The zero-order valence-corrected chi connectivity index (χ0v) is 14.0. The van der Waals surface area contributed by atoms with E-state index in [0.29, 0.717) is 5.75 Å². The molecule has 134 valence electrons. The highest BCUT2D eigenvalue weighted by Gasteiger charge is 2.17. The molecule has 0 radical (unpaired) electrons. The van der Waals surface area contributed by atoms with Crippen LogP contribution in [-0.4, -0.2) is 32.8 Å². The normalized spacial score (nSPS) is 11.0. The van der Waals surface area contributed by atoms with Gasteiger partial charge in [-0.1, -0.05) is 0 Å². The van der Waals surface area contributed by atoms with Crippen molar-refractivity contribution < 1.29 is 27.2 Å². The van der Waals surface area contributed by atoms with Gasteiger partial charge in [0.15, 0.2) is 0 Å². The fraction of sp³-hybridized carbons (Fsp3) is 0.200. The van der Waals surface area contributed by atoms with Gasteiger partial charge in [-0.05, 0) is 30.3 Å². The van der Waals surface area contributed by atoms with Crippen LogP contribution in [0.15, 0.2) is 42.5 Å². The standard InChI is InChI=1S/C15H15FN2O6S/c1-23-15-10-12(18(19)20)4-7-14(15)17-25(21,22)9-8-24-13-5-2-11(16)3-6-13/h2-7,10,17H,8-9H2,1H3. The number of hydrogen-bond acceptors (Lipinski definition) is 6. The average Bonchev–Trinajstić information content (AvgIpc) is 2.56. The van der Waals surface area contributed by atoms with E-state index in [1.807, 2.05) is 0 Å². The van der Waals surface area contributed by atoms with Crippen molar-refractivity contribution in [3.8, 4) is 11.5 Å². The first kappa shape index (κ1) is 18.5. The fourth-order valence-corrected chi connectivity index (χ4v) is 2.80. The number of sulfonamides is 1. The van der Waals surface area contributed by atoms with Crippen LogP contribution in [0.4, 0.5) is 15.8 Å². The lowest BCUT2D eigenvalue weighted by molar-refractivity contribution is -0.384. The van der Waals surface area contributed by atoms with Gasteiger partial charge in [0, 0.05) is 6.07 Å². The molecule has 0 saturated heterocycles. The van der Waals surface area contributed by atoms with Crippen LogP contribution in [0.5, 0.6) is 11.5 Å². The van der Waals surface area contributed by atoms with Crippen molar-refractivity contribution in [1.29, 1.82) is 0 Å². The van der Waals surface area contributed by atoms with Gasteiger partial charge in [0.25, 0.3) is 5.69 Å². The Balaban J connectivity index is 2.00. The number of nitrogens with zero attached hydrogens (tertiary/aromatic N) is 1. The molecule has 8 nitrogen and oxygen atoms in total. The van der Waals surface area contributed by atoms with Gasteiger partial charge >= 0.3 is 0 Å². The minimum Gasteiger partial charge on any atom is -0.494 e. The Morgan fingerprint density at radius 2 is 1.88 bits per heavy atom. The van der Waals surface area contributed by atoms with Crippen molar-refractivity contribution in [2.24, 2.45) is 0 Å². The van der Waals surface area contributed by atoms with Crippen molar-refractivity contribution in [2.75, 3.05) is 24.2 Å². The topological polar surface area (TPSA) is 108 Å². The van der Waals surface area contributed by atoms with Crippen molar-refractivity contribution in [3.05, 3.63) is 58.4 Å². The van der Waals surface area contributed by atoms with Crippen LogP contribution in [0.2, 0.25) is 0 Å². The van der Waals surface area contributed by atoms with E-state index >= 15 is 0 Å². The predicted molar refractivity (Wildman–Crippen MR) is 89.0 cm³/mol. The summed E-state index contributed by atoms with van der Waals surface area (Å²) in [5.74, 6) is -0.432. The minimum absolute atomic E-state index is 0.0252.